The van der Waals surface area contributed by atoms with Gasteiger partial charge in [0.15, 0.2) is 0 Å². The van der Waals surface area contributed by atoms with E-state index < -0.39 is 17.8 Å². The molecule has 0 saturated carbocycles. The molecule has 0 aromatic heterocycles. The van der Waals surface area contributed by atoms with Crippen LogP contribution < -0.4 is 10.1 Å². The number of benzene rings is 1. The number of carbonyl (C=O) groups is 2. The van der Waals surface area contributed by atoms with Crippen molar-refractivity contribution in [1.82, 2.24) is 5.32 Å². The summed E-state index contributed by atoms with van der Waals surface area (Å²) in [5.74, 6) is -1.57. The summed E-state index contributed by atoms with van der Waals surface area (Å²) in [6, 6.07) is 4.72. The summed E-state index contributed by atoms with van der Waals surface area (Å²) in [5.41, 5.74) is 0.272. The molecule has 0 aliphatic rings. The monoisotopic (exact) mass is 343 g/mol. The molecule has 0 radical (unpaired) electrons. The number of carboxylic acids is 1. The van der Waals surface area contributed by atoms with Gasteiger partial charge in [-0.1, -0.05) is 24.9 Å². The van der Waals surface area contributed by atoms with Crippen LogP contribution >= 0.6 is 11.6 Å². The molecule has 0 aliphatic heterocycles. The lowest BCUT2D eigenvalue weighted by Crippen LogP contribution is -2.33. The number of ether oxygens (including phenoxy) is 2. The van der Waals surface area contributed by atoms with Gasteiger partial charge in [-0.25, -0.2) is 0 Å². The first-order valence-corrected chi connectivity index (χ1v) is 7.79. The minimum atomic E-state index is -0.921. The first kappa shape index (κ1) is 19.3. The zero-order valence-electron chi connectivity index (χ0n) is 13.3. The van der Waals surface area contributed by atoms with Gasteiger partial charge in [-0.3, -0.25) is 9.59 Å². The second kappa shape index (κ2) is 10.1. The Balaban J connectivity index is 2.77. The standard InChI is InChI=1S/C16H22ClNO5/c1-3-4-11(16(20)21)10-18-15(19)13-9-12(17)5-6-14(13)23-8-7-22-2/h5-6,9,11H,3-4,7-8,10H2,1-2H3,(H,18,19)(H,20,21). The van der Waals surface area contributed by atoms with Crippen molar-refractivity contribution < 1.29 is 24.2 Å². The van der Waals surface area contributed by atoms with Crippen LogP contribution in [0.1, 0.15) is 30.1 Å². The number of amides is 1. The molecule has 0 saturated heterocycles. The third-order valence-corrected chi connectivity index (χ3v) is 3.46. The number of nitrogens with one attached hydrogen (secondary N) is 1. The van der Waals surface area contributed by atoms with E-state index >= 15 is 0 Å². The van der Waals surface area contributed by atoms with Crippen LogP contribution in [0.3, 0.4) is 0 Å². The van der Waals surface area contributed by atoms with E-state index in [0.717, 1.165) is 6.42 Å². The molecular weight excluding hydrogens is 322 g/mol. The molecule has 0 aliphatic carbocycles. The Morgan fingerprint density at radius 2 is 2.09 bits per heavy atom. The third-order valence-electron chi connectivity index (χ3n) is 3.23. The number of hydrogen-bond acceptors (Lipinski definition) is 4. The fourth-order valence-electron chi connectivity index (χ4n) is 2.01. The van der Waals surface area contributed by atoms with Gasteiger partial charge in [0, 0.05) is 18.7 Å². The highest BCUT2D eigenvalue weighted by Crippen LogP contribution is 2.23. The highest BCUT2D eigenvalue weighted by molar-refractivity contribution is 6.31. The van der Waals surface area contributed by atoms with E-state index in [9.17, 15) is 9.59 Å². The number of rotatable bonds is 10. The van der Waals surface area contributed by atoms with Gasteiger partial charge >= 0.3 is 5.97 Å². The van der Waals surface area contributed by atoms with E-state index in [1.165, 1.54) is 6.07 Å². The molecule has 1 unspecified atom stereocenters. The van der Waals surface area contributed by atoms with Crippen LogP contribution in [0, 0.1) is 5.92 Å². The van der Waals surface area contributed by atoms with Gasteiger partial charge in [-0.2, -0.15) is 0 Å². The molecule has 23 heavy (non-hydrogen) atoms. The van der Waals surface area contributed by atoms with Gasteiger partial charge in [0.25, 0.3) is 5.91 Å². The Hall–Kier alpha value is -1.79. The highest BCUT2D eigenvalue weighted by atomic mass is 35.5. The molecule has 128 valence electrons. The van der Waals surface area contributed by atoms with Gasteiger partial charge in [-0.05, 0) is 24.6 Å². The van der Waals surface area contributed by atoms with Gasteiger partial charge in [-0.15, -0.1) is 0 Å². The molecule has 0 spiro atoms. The number of hydrogen-bond donors (Lipinski definition) is 2. The second-order valence-electron chi connectivity index (χ2n) is 5.02. The highest BCUT2D eigenvalue weighted by Gasteiger charge is 2.19. The van der Waals surface area contributed by atoms with Crippen molar-refractivity contribution in [3.8, 4) is 5.75 Å². The molecule has 0 heterocycles. The summed E-state index contributed by atoms with van der Waals surface area (Å²) in [4.78, 5) is 23.4. The zero-order valence-corrected chi connectivity index (χ0v) is 14.1. The molecule has 1 aromatic rings. The lowest BCUT2D eigenvalue weighted by molar-refractivity contribution is -0.141. The van der Waals surface area contributed by atoms with E-state index in [0.29, 0.717) is 30.4 Å². The van der Waals surface area contributed by atoms with E-state index in [-0.39, 0.29) is 12.1 Å². The Morgan fingerprint density at radius 1 is 1.35 bits per heavy atom. The summed E-state index contributed by atoms with van der Waals surface area (Å²) in [6.07, 6.45) is 1.23. The van der Waals surface area contributed by atoms with E-state index in [4.69, 9.17) is 26.2 Å². The first-order chi connectivity index (χ1) is 11.0. The minimum absolute atomic E-state index is 0.0615. The Kier molecular flexibility index (Phi) is 8.43. The van der Waals surface area contributed by atoms with Crippen molar-refractivity contribution in [1.29, 1.82) is 0 Å². The summed E-state index contributed by atoms with van der Waals surface area (Å²) in [5, 5.41) is 12.2. The molecular formula is C16H22ClNO5. The largest absolute Gasteiger partial charge is 0.490 e. The molecule has 6 nitrogen and oxygen atoms in total. The van der Waals surface area contributed by atoms with E-state index in [1.807, 2.05) is 6.92 Å². The Labute approximate surface area is 140 Å². The molecule has 1 atom stereocenters. The van der Waals surface area contributed by atoms with Crippen LogP contribution in [0.5, 0.6) is 5.75 Å². The van der Waals surface area contributed by atoms with Gasteiger partial charge in [0.1, 0.15) is 12.4 Å². The average molecular weight is 344 g/mol. The number of carboxylic acid groups (broad SMARTS) is 1. The summed E-state index contributed by atoms with van der Waals surface area (Å²) in [6.45, 7) is 2.65. The zero-order chi connectivity index (χ0) is 17.2. The third kappa shape index (κ3) is 6.46. The Bertz CT molecular complexity index is 535. The van der Waals surface area contributed by atoms with Crippen molar-refractivity contribution in [3.05, 3.63) is 28.8 Å². The van der Waals surface area contributed by atoms with Crippen LogP contribution in [0.25, 0.3) is 0 Å². The SMILES string of the molecule is CCCC(CNC(=O)c1cc(Cl)ccc1OCCOC)C(=O)O. The molecule has 7 heteroatoms. The maximum atomic E-state index is 12.3. The van der Waals surface area contributed by atoms with Gasteiger partial charge in [0.05, 0.1) is 18.1 Å². The molecule has 0 bridgehead atoms. The topological polar surface area (TPSA) is 84.9 Å². The second-order valence-corrected chi connectivity index (χ2v) is 5.45. The summed E-state index contributed by atoms with van der Waals surface area (Å²) >= 11 is 5.93. The van der Waals surface area contributed by atoms with Gasteiger partial charge in [0.2, 0.25) is 0 Å². The van der Waals surface area contributed by atoms with Gasteiger partial charge < -0.3 is 19.9 Å². The van der Waals surface area contributed by atoms with Crippen molar-refractivity contribution in [2.75, 3.05) is 26.9 Å². The quantitative estimate of drug-likeness (QED) is 0.638. The first-order valence-electron chi connectivity index (χ1n) is 7.41. The lowest BCUT2D eigenvalue weighted by atomic mass is 10.0. The van der Waals surface area contributed by atoms with Crippen molar-refractivity contribution in [2.45, 2.75) is 19.8 Å². The smallest absolute Gasteiger partial charge is 0.308 e. The molecule has 1 aromatic carbocycles. The van der Waals surface area contributed by atoms with E-state index in [1.54, 1.807) is 19.2 Å². The predicted molar refractivity (Wildman–Crippen MR) is 87.2 cm³/mol. The van der Waals surface area contributed by atoms with Crippen LogP contribution in [-0.4, -0.2) is 43.9 Å². The molecule has 0 fully saturated rings. The predicted octanol–water partition coefficient (Wildman–Crippen LogP) is 2.60. The molecule has 1 amide bonds. The van der Waals surface area contributed by atoms with Crippen LogP contribution in [0.15, 0.2) is 18.2 Å². The van der Waals surface area contributed by atoms with E-state index in [2.05, 4.69) is 5.32 Å². The summed E-state index contributed by atoms with van der Waals surface area (Å²) < 4.78 is 10.4. The number of halogens is 1. The maximum absolute atomic E-state index is 12.3. The number of methoxy groups -OCH3 is 1. The summed E-state index contributed by atoms with van der Waals surface area (Å²) in [7, 11) is 1.55. The maximum Gasteiger partial charge on any atom is 0.308 e. The van der Waals surface area contributed by atoms with Crippen LogP contribution in [0.2, 0.25) is 5.02 Å². The van der Waals surface area contributed by atoms with Crippen molar-refractivity contribution in [2.24, 2.45) is 5.92 Å². The van der Waals surface area contributed by atoms with Crippen LogP contribution in [0.4, 0.5) is 0 Å². The molecule has 1 rings (SSSR count). The Morgan fingerprint density at radius 3 is 2.70 bits per heavy atom. The number of carbonyl (C=O) groups excluding carboxylic acids is 1. The number of aliphatic carboxylic acids is 1. The minimum Gasteiger partial charge on any atom is -0.490 e. The normalized spacial score (nSPS) is 11.8. The van der Waals surface area contributed by atoms with Crippen molar-refractivity contribution in [3.63, 3.8) is 0 Å². The molecule has 2 N–H and O–H groups in total. The lowest BCUT2D eigenvalue weighted by Gasteiger charge is -2.15. The fraction of sp³-hybridized carbons (Fsp3) is 0.500. The van der Waals surface area contributed by atoms with Crippen molar-refractivity contribution >= 4 is 23.5 Å². The fourth-order valence-corrected chi connectivity index (χ4v) is 2.19. The average Bonchev–Trinajstić information content (AvgIpc) is 2.52. The van der Waals surface area contributed by atoms with Crippen LogP contribution in [-0.2, 0) is 9.53 Å².